The number of nitrogens with one attached hydrogen (secondary N) is 1. The van der Waals surface area contributed by atoms with E-state index < -0.39 is 22.3 Å². The number of nitro benzene ring substituents is 1. The highest BCUT2D eigenvalue weighted by molar-refractivity contribution is 5.95. The Morgan fingerprint density at radius 2 is 1.88 bits per heavy atom. The summed E-state index contributed by atoms with van der Waals surface area (Å²) in [5, 5.41) is 13.8. The van der Waals surface area contributed by atoms with Gasteiger partial charge in [0.2, 0.25) is 0 Å². The van der Waals surface area contributed by atoms with Gasteiger partial charge in [-0.3, -0.25) is 14.9 Å². The van der Waals surface area contributed by atoms with Gasteiger partial charge in [0.15, 0.2) is 0 Å². The normalized spacial score (nSPS) is 11.8. The first-order chi connectivity index (χ1) is 11.3. The van der Waals surface area contributed by atoms with Gasteiger partial charge in [-0.2, -0.15) is 0 Å². The van der Waals surface area contributed by atoms with E-state index in [0.717, 1.165) is 23.3 Å². The van der Waals surface area contributed by atoms with E-state index in [9.17, 15) is 19.3 Å². The van der Waals surface area contributed by atoms with Crippen LogP contribution in [0.5, 0.6) is 0 Å². The molecule has 5 nitrogen and oxygen atoms in total. The molecule has 0 aliphatic heterocycles. The Morgan fingerprint density at radius 1 is 1.25 bits per heavy atom. The molecule has 0 radical (unpaired) electrons. The van der Waals surface area contributed by atoms with E-state index in [-0.39, 0.29) is 17.2 Å². The molecule has 0 spiro atoms. The van der Waals surface area contributed by atoms with Crippen LogP contribution in [0.25, 0.3) is 0 Å². The maximum absolute atomic E-state index is 13.9. The number of carbonyl (C=O) groups is 1. The Balaban J connectivity index is 2.28. The van der Waals surface area contributed by atoms with Crippen molar-refractivity contribution in [1.29, 1.82) is 0 Å². The van der Waals surface area contributed by atoms with Crippen LogP contribution in [0.15, 0.2) is 36.4 Å². The van der Waals surface area contributed by atoms with Crippen molar-refractivity contribution in [2.45, 2.75) is 33.2 Å². The molecule has 24 heavy (non-hydrogen) atoms. The second-order valence-corrected chi connectivity index (χ2v) is 5.70. The largest absolute Gasteiger partial charge is 0.345 e. The molecule has 1 atom stereocenters. The zero-order valence-corrected chi connectivity index (χ0v) is 13.8. The Kier molecular flexibility index (Phi) is 5.28. The van der Waals surface area contributed by atoms with Crippen molar-refractivity contribution in [3.05, 3.63) is 74.6 Å². The van der Waals surface area contributed by atoms with E-state index in [1.807, 2.05) is 38.1 Å². The van der Waals surface area contributed by atoms with Crippen LogP contribution < -0.4 is 5.32 Å². The molecule has 126 valence electrons. The van der Waals surface area contributed by atoms with Crippen molar-refractivity contribution >= 4 is 11.6 Å². The van der Waals surface area contributed by atoms with E-state index >= 15 is 0 Å². The van der Waals surface area contributed by atoms with Gasteiger partial charge in [-0.05, 0) is 31.9 Å². The predicted molar refractivity (Wildman–Crippen MR) is 89.5 cm³/mol. The lowest BCUT2D eigenvalue weighted by Gasteiger charge is -2.18. The average molecular weight is 330 g/mol. The third-order valence-electron chi connectivity index (χ3n) is 3.97. The lowest BCUT2D eigenvalue weighted by Crippen LogP contribution is -2.28. The van der Waals surface area contributed by atoms with Gasteiger partial charge in [-0.1, -0.05) is 36.8 Å². The number of hydrogen-bond donors (Lipinski definition) is 1. The quantitative estimate of drug-likeness (QED) is 0.658. The fourth-order valence-corrected chi connectivity index (χ4v) is 2.45. The summed E-state index contributed by atoms with van der Waals surface area (Å²) in [4.78, 5) is 22.7. The smallest absolute Gasteiger partial charge is 0.276 e. The number of hydrogen-bond acceptors (Lipinski definition) is 3. The number of halogens is 1. The molecule has 2 aromatic rings. The summed E-state index contributed by atoms with van der Waals surface area (Å²) >= 11 is 0. The number of benzene rings is 2. The lowest BCUT2D eigenvalue weighted by molar-refractivity contribution is -0.385. The summed E-state index contributed by atoms with van der Waals surface area (Å²) in [6.07, 6.45) is 0.644. The molecular formula is C18H19FN2O3. The maximum atomic E-state index is 13.9. The molecule has 1 unspecified atom stereocenters. The number of carbonyl (C=O) groups excluding carboxylic acids is 1. The standard InChI is InChI=1S/C18H19FN2O3/c1-4-16(13-7-5-11(2)6-8-13)20-18(22)14-9-15(19)12(3)17(10-14)21(23)24/h5-10,16H,4H2,1-3H3,(H,20,22). The minimum atomic E-state index is -0.766. The number of aryl methyl sites for hydroxylation is 1. The molecule has 0 aliphatic rings. The molecule has 0 saturated carbocycles. The topological polar surface area (TPSA) is 72.2 Å². The first kappa shape index (κ1) is 17.6. The van der Waals surface area contributed by atoms with Crippen molar-refractivity contribution in [2.75, 3.05) is 0 Å². The molecule has 0 fully saturated rings. The van der Waals surface area contributed by atoms with E-state index in [0.29, 0.717) is 6.42 Å². The van der Waals surface area contributed by atoms with Gasteiger partial charge < -0.3 is 5.32 Å². The van der Waals surface area contributed by atoms with Gasteiger partial charge in [-0.15, -0.1) is 0 Å². The minimum Gasteiger partial charge on any atom is -0.345 e. The van der Waals surface area contributed by atoms with Crippen LogP contribution in [0, 0.1) is 29.8 Å². The van der Waals surface area contributed by atoms with Gasteiger partial charge in [0.1, 0.15) is 5.82 Å². The van der Waals surface area contributed by atoms with E-state index in [2.05, 4.69) is 5.32 Å². The van der Waals surface area contributed by atoms with E-state index in [4.69, 9.17) is 0 Å². The summed E-state index contributed by atoms with van der Waals surface area (Å²) in [6.45, 7) is 5.21. The third kappa shape index (κ3) is 3.76. The van der Waals surface area contributed by atoms with Crippen LogP contribution in [0.4, 0.5) is 10.1 Å². The molecule has 0 heterocycles. The molecule has 1 N–H and O–H groups in total. The highest BCUT2D eigenvalue weighted by atomic mass is 19.1. The molecule has 0 aliphatic carbocycles. The van der Waals surface area contributed by atoms with Gasteiger partial charge in [-0.25, -0.2) is 4.39 Å². The molecule has 2 rings (SSSR count). The van der Waals surface area contributed by atoms with Crippen molar-refractivity contribution in [2.24, 2.45) is 0 Å². The Bertz CT molecular complexity index is 773. The number of nitrogens with zero attached hydrogens (tertiary/aromatic N) is 1. The zero-order valence-electron chi connectivity index (χ0n) is 13.8. The molecule has 1 amide bonds. The molecule has 2 aromatic carbocycles. The van der Waals surface area contributed by atoms with Crippen LogP contribution in [0.2, 0.25) is 0 Å². The highest BCUT2D eigenvalue weighted by Gasteiger charge is 2.21. The average Bonchev–Trinajstić information content (AvgIpc) is 2.55. The van der Waals surface area contributed by atoms with Gasteiger partial charge >= 0.3 is 0 Å². The summed E-state index contributed by atoms with van der Waals surface area (Å²) < 4.78 is 13.9. The Hall–Kier alpha value is -2.76. The van der Waals surface area contributed by atoms with Gasteiger partial charge in [0.05, 0.1) is 16.5 Å². The molecule has 0 saturated heterocycles. The maximum Gasteiger partial charge on any atom is 0.276 e. The van der Waals surface area contributed by atoms with Crippen LogP contribution in [0.1, 0.15) is 46.4 Å². The zero-order chi connectivity index (χ0) is 17.9. The van der Waals surface area contributed by atoms with Crippen molar-refractivity contribution < 1.29 is 14.1 Å². The second kappa shape index (κ2) is 7.21. The molecule has 0 bridgehead atoms. The predicted octanol–water partition coefficient (Wildman–Crippen LogP) is 4.23. The molecule has 0 aromatic heterocycles. The van der Waals surface area contributed by atoms with E-state index in [1.54, 1.807) is 0 Å². The van der Waals surface area contributed by atoms with Gasteiger partial charge in [0.25, 0.3) is 11.6 Å². The molecule has 6 heteroatoms. The Labute approximate surface area is 139 Å². The van der Waals surface area contributed by atoms with Crippen molar-refractivity contribution in [1.82, 2.24) is 5.32 Å². The number of amides is 1. The van der Waals surface area contributed by atoms with E-state index in [1.165, 1.54) is 6.92 Å². The molecular weight excluding hydrogens is 311 g/mol. The first-order valence-electron chi connectivity index (χ1n) is 7.65. The monoisotopic (exact) mass is 330 g/mol. The van der Waals surface area contributed by atoms with Crippen LogP contribution in [-0.4, -0.2) is 10.8 Å². The minimum absolute atomic E-state index is 0.0599. The number of rotatable bonds is 5. The number of nitro groups is 1. The second-order valence-electron chi connectivity index (χ2n) is 5.70. The lowest BCUT2D eigenvalue weighted by atomic mass is 10.0. The van der Waals surface area contributed by atoms with Crippen LogP contribution in [0.3, 0.4) is 0 Å². The summed E-state index contributed by atoms with van der Waals surface area (Å²) in [6, 6.07) is 9.61. The third-order valence-corrected chi connectivity index (χ3v) is 3.97. The van der Waals surface area contributed by atoms with Crippen LogP contribution in [-0.2, 0) is 0 Å². The van der Waals surface area contributed by atoms with Crippen molar-refractivity contribution in [3.63, 3.8) is 0 Å². The fourth-order valence-electron chi connectivity index (χ4n) is 2.45. The summed E-state index contributed by atoms with van der Waals surface area (Å²) in [5.74, 6) is -1.30. The fraction of sp³-hybridized carbons (Fsp3) is 0.278. The first-order valence-corrected chi connectivity index (χ1v) is 7.65. The Morgan fingerprint density at radius 3 is 2.42 bits per heavy atom. The van der Waals surface area contributed by atoms with Crippen molar-refractivity contribution in [3.8, 4) is 0 Å². The summed E-state index contributed by atoms with van der Waals surface area (Å²) in [5.41, 5.74) is 1.50. The summed E-state index contributed by atoms with van der Waals surface area (Å²) in [7, 11) is 0. The highest BCUT2D eigenvalue weighted by Crippen LogP contribution is 2.24. The van der Waals surface area contributed by atoms with Gasteiger partial charge in [0, 0.05) is 11.6 Å². The van der Waals surface area contributed by atoms with Crippen LogP contribution >= 0.6 is 0 Å². The SMILES string of the molecule is CCC(NC(=O)c1cc(F)c(C)c([N+](=O)[O-])c1)c1ccc(C)cc1.